The first-order valence-corrected chi connectivity index (χ1v) is 12.1. The van der Waals surface area contributed by atoms with Crippen molar-refractivity contribution in [2.75, 3.05) is 17.7 Å². The van der Waals surface area contributed by atoms with Crippen molar-refractivity contribution in [3.63, 3.8) is 0 Å². The second-order valence-electron chi connectivity index (χ2n) is 7.65. The minimum absolute atomic E-state index is 0.0351. The van der Waals surface area contributed by atoms with Gasteiger partial charge in [0.1, 0.15) is 11.6 Å². The average molecular weight is 504 g/mol. The van der Waals surface area contributed by atoms with Crippen LogP contribution in [0.25, 0.3) is 5.70 Å². The van der Waals surface area contributed by atoms with Gasteiger partial charge in [-0.3, -0.25) is 4.79 Å². The third-order valence-corrected chi connectivity index (χ3v) is 6.33. The highest BCUT2D eigenvalue weighted by atomic mass is 32.2. The Labute approximate surface area is 211 Å². The van der Waals surface area contributed by atoms with Gasteiger partial charge in [-0.2, -0.15) is 5.26 Å². The van der Waals surface area contributed by atoms with Crippen molar-refractivity contribution in [1.82, 2.24) is 5.32 Å². The topological polar surface area (TPSA) is 104 Å². The van der Waals surface area contributed by atoms with Crippen molar-refractivity contribution >= 4 is 35.0 Å². The van der Waals surface area contributed by atoms with Crippen LogP contribution in [-0.4, -0.2) is 24.2 Å². The summed E-state index contributed by atoms with van der Waals surface area (Å²) in [5, 5.41) is 16.5. The molecule has 7 nitrogen and oxygen atoms in total. The molecule has 0 spiro atoms. The predicted octanol–water partition coefficient (Wildman–Crippen LogP) is 5.19. The van der Waals surface area contributed by atoms with Gasteiger partial charge in [-0.05, 0) is 48.9 Å². The van der Waals surface area contributed by atoms with Crippen molar-refractivity contribution in [3.8, 4) is 6.07 Å². The number of furan rings is 1. The minimum atomic E-state index is -0.830. The maximum absolute atomic E-state index is 13.2. The summed E-state index contributed by atoms with van der Waals surface area (Å²) >= 11 is 1.12. The van der Waals surface area contributed by atoms with Crippen LogP contribution >= 0.6 is 11.8 Å². The third kappa shape index (κ3) is 5.50. The van der Waals surface area contributed by atoms with Gasteiger partial charge in [-0.1, -0.05) is 42.1 Å². The molecule has 182 valence electrons. The van der Waals surface area contributed by atoms with E-state index in [1.54, 1.807) is 19.1 Å². The van der Waals surface area contributed by atoms with Gasteiger partial charge in [0.2, 0.25) is 5.91 Å². The lowest BCUT2D eigenvalue weighted by Crippen LogP contribution is -2.29. The summed E-state index contributed by atoms with van der Waals surface area (Å²) in [6.45, 7) is 1.87. The van der Waals surface area contributed by atoms with Crippen LogP contribution in [-0.2, 0) is 14.3 Å². The number of allylic oxidation sites excluding steroid dienone is 1. The van der Waals surface area contributed by atoms with Crippen molar-refractivity contribution in [2.45, 2.75) is 12.8 Å². The summed E-state index contributed by atoms with van der Waals surface area (Å²) in [4.78, 5) is 25.7. The van der Waals surface area contributed by atoms with Crippen molar-refractivity contribution < 1.29 is 23.1 Å². The number of hydrogen-bond donors (Lipinski definition) is 2. The number of halogens is 1. The van der Waals surface area contributed by atoms with Gasteiger partial charge in [0.05, 0.1) is 52.5 Å². The molecule has 3 aromatic rings. The number of anilines is 1. The zero-order valence-electron chi connectivity index (χ0n) is 19.3. The van der Waals surface area contributed by atoms with Crippen LogP contribution < -0.4 is 10.6 Å². The van der Waals surface area contributed by atoms with Crippen LogP contribution in [0, 0.1) is 17.1 Å². The van der Waals surface area contributed by atoms with Crippen LogP contribution in [0.15, 0.2) is 93.6 Å². The van der Waals surface area contributed by atoms with Gasteiger partial charge in [0.25, 0.3) is 0 Å². The zero-order chi connectivity index (χ0) is 25.5. The molecule has 0 saturated heterocycles. The highest BCUT2D eigenvalue weighted by Gasteiger charge is 2.38. The Morgan fingerprint density at radius 3 is 2.53 bits per heavy atom. The quantitative estimate of drug-likeness (QED) is 0.408. The number of benzene rings is 2. The van der Waals surface area contributed by atoms with E-state index in [0.717, 1.165) is 11.8 Å². The summed E-state index contributed by atoms with van der Waals surface area (Å²) in [7, 11) is 0. The molecule has 36 heavy (non-hydrogen) atoms. The van der Waals surface area contributed by atoms with E-state index >= 15 is 0 Å². The summed E-state index contributed by atoms with van der Waals surface area (Å²) in [6, 6.07) is 20.2. The van der Waals surface area contributed by atoms with Gasteiger partial charge in [-0.25, -0.2) is 9.18 Å². The van der Waals surface area contributed by atoms with Crippen molar-refractivity contribution in [3.05, 3.63) is 106 Å². The van der Waals surface area contributed by atoms with Crippen molar-refractivity contribution in [2.24, 2.45) is 0 Å². The highest BCUT2D eigenvalue weighted by Crippen LogP contribution is 2.43. The molecule has 0 radical (unpaired) electrons. The molecular formula is C27H22FN3O4S. The minimum Gasteiger partial charge on any atom is -0.468 e. The molecule has 9 heteroatoms. The molecule has 0 unspecified atom stereocenters. The zero-order valence-corrected chi connectivity index (χ0v) is 20.1. The Bertz CT molecular complexity index is 1340. The summed E-state index contributed by atoms with van der Waals surface area (Å²) < 4.78 is 24.1. The lowest BCUT2D eigenvalue weighted by atomic mass is 9.84. The van der Waals surface area contributed by atoms with Crippen LogP contribution in [0.5, 0.6) is 0 Å². The monoisotopic (exact) mass is 503 g/mol. The number of hydrogen-bond acceptors (Lipinski definition) is 7. The number of ether oxygens (including phenoxy) is 1. The van der Waals surface area contributed by atoms with Gasteiger partial charge in [0.15, 0.2) is 0 Å². The first kappa shape index (κ1) is 24.8. The van der Waals surface area contributed by atoms with E-state index in [0.29, 0.717) is 27.7 Å². The second kappa shape index (κ2) is 11.4. The highest BCUT2D eigenvalue weighted by molar-refractivity contribution is 8.03. The number of nitriles is 1. The SMILES string of the molecule is CCOC(=O)C1=C(c2ccccc2)NC(SCC(=O)Nc2ccc(F)cc2)=C(C#N)[C@H]1c1ccco1. The molecule has 1 atom stereocenters. The maximum Gasteiger partial charge on any atom is 0.337 e. The number of carbonyl (C=O) groups is 2. The molecule has 4 rings (SSSR count). The number of esters is 1. The van der Waals surface area contributed by atoms with Gasteiger partial charge < -0.3 is 19.8 Å². The Hall–Kier alpha value is -4.29. The Morgan fingerprint density at radius 1 is 1.14 bits per heavy atom. The normalized spacial score (nSPS) is 15.2. The average Bonchev–Trinajstić information content (AvgIpc) is 3.43. The Morgan fingerprint density at radius 2 is 1.89 bits per heavy atom. The fourth-order valence-corrected chi connectivity index (χ4v) is 4.61. The van der Waals surface area contributed by atoms with E-state index in [1.165, 1.54) is 30.5 Å². The van der Waals surface area contributed by atoms with E-state index in [4.69, 9.17) is 9.15 Å². The van der Waals surface area contributed by atoms with Gasteiger partial charge in [-0.15, -0.1) is 0 Å². The number of amides is 1. The number of thioether (sulfide) groups is 1. The predicted molar refractivity (Wildman–Crippen MR) is 135 cm³/mol. The van der Waals surface area contributed by atoms with E-state index in [-0.39, 0.29) is 29.4 Å². The third-order valence-electron chi connectivity index (χ3n) is 5.31. The maximum atomic E-state index is 13.2. The fraction of sp³-hybridized carbons (Fsp3) is 0.148. The van der Waals surface area contributed by atoms with Crippen LogP contribution in [0.2, 0.25) is 0 Å². The summed E-state index contributed by atoms with van der Waals surface area (Å²) in [5.41, 5.74) is 2.11. The molecule has 1 aliphatic heterocycles. The summed E-state index contributed by atoms with van der Waals surface area (Å²) in [5.74, 6) is -1.78. The largest absolute Gasteiger partial charge is 0.468 e. The second-order valence-corrected chi connectivity index (χ2v) is 8.63. The van der Waals surface area contributed by atoms with E-state index in [9.17, 15) is 19.2 Å². The molecule has 0 bridgehead atoms. The van der Waals surface area contributed by atoms with Crippen LogP contribution in [0.3, 0.4) is 0 Å². The standard InChI is InChI=1S/C27H22FN3O4S/c1-2-34-27(33)24-23(21-9-6-14-35-21)20(15-29)26(31-25(24)17-7-4-3-5-8-17)36-16-22(32)30-19-12-10-18(28)11-13-19/h3-14,23,31H,2,16H2,1H3,(H,30,32)/t23-/m0/s1. The van der Waals surface area contributed by atoms with Crippen LogP contribution in [0.4, 0.5) is 10.1 Å². The number of rotatable bonds is 8. The lowest BCUT2D eigenvalue weighted by Gasteiger charge is -2.29. The van der Waals surface area contributed by atoms with E-state index in [1.807, 2.05) is 30.3 Å². The fourth-order valence-electron chi connectivity index (χ4n) is 3.77. The summed E-state index contributed by atoms with van der Waals surface area (Å²) in [6.07, 6.45) is 1.47. The molecule has 0 saturated carbocycles. The van der Waals surface area contributed by atoms with E-state index < -0.39 is 17.7 Å². The van der Waals surface area contributed by atoms with Crippen molar-refractivity contribution in [1.29, 1.82) is 5.26 Å². The molecule has 2 N–H and O–H groups in total. The molecule has 1 aliphatic rings. The van der Waals surface area contributed by atoms with Gasteiger partial charge in [0, 0.05) is 5.69 Å². The van der Waals surface area contributed by atoms with Crippen LogP contribution in [0.1, 0.15) is 24.2 Å². The lowest BCUT2D eigenvalue weighted by molar-refractivity contribution is -0.138. The molecule has 2 aromatic carbocycles. The number of carbonyl (C=O) groups excluding carboxylic acids is 2. The Kier molecular flexibility index (Phi) is 7.88. The Balaban J connectivity index is 1.70. The molecular weight excluding hydrogens is 481 g/mol. The number of nitrogens with zero attached hydrogens (tertiary/aromatic N) is 1. The number of dihydropyridines is 1. The molecule has 0 fully saturated rings. The molecule has 1 amide bonds. The molecule has 1 aromatic heterocycles. The first-order valence-electron chi connectivity index (χ1n) is 11.1. The van der Waals surface area contributed by atoms with Gasteiger partial charge >= 0.3 is 5.97 Å². The molecule has 0 aliphatic carbocycles. The number of nitrogens with one attached hydrogen (secondary N) is 2. The molecule has 2 heterocycles. The first-order chi connectivity index (χ1) is 17.5. The smallest absolute Gasteiger partial charge is 0.337 e. The van der Waals surface area contributed by atoms with E-state index in [2.05, 4.69) is 16.7 Å².